The van der Waals surface area contributed by atoms with E-state index in [1.54, 1.807) is 7.05 Å². The molecule has 0 spiro atoms. The zero-order valence-corrected chi connectivity index (χ0v) is 6.23. The fourth-order valence-corrected chi connectivity index (χ4v) is 0.369. The van der Waals surface area contributed by atoms with E-state index in [4.69, 9.17) is 0 Å². The van der Waals surface area contributed by atoms with Crippen molar-refractivity contribution in [3.63, 3.8) is 0 Å². The second-order valence-corrected chi connectivity index (χ2v) is 1.43. The summed E-state index contributed by atoms with van der Waals surface area (Å²) in [5, 5.41) is 0. The first kappa shape index (κ1) is 11.8. The van der Waals surface area contributed by atoms with Gasteiger partial charge in [-0.25, -0.2) is 0 Å². The van der Waals surface area contributed by atoms with Gasteiger partial charge in [-0.05, 0) is 6.42 Å². The van der Waals surface area contributed by atoms with E-state index in [1.165, 1.54) is 0 Å². The van der Waals surface area contributed by atoms with Gasteiger partial charge in [-0.2, -0.15) is 5.48 Å². The van der Waals surface area contributed by atoms with Crippen molar-refractivity contribution in [3.05, 3.63) is 0 Å². The average molecular weight is 125 g/mol. The molecule has 9 heavy (non-hydrogen) atoms. The molecule has 0 amide bonds. The van der Waals surface area contributed by atoms with Crippen molar-refractivity contribution in [1.82, 2.24) is 5.48 Å². The molecule has 0 aliphatic carbocycles. The van der Waals surface area contributed by atoms with E-state index in [0.29, 0.717) is 6.42 Å². The van der Waals surface area contributed by atoms with Gasteiger partial charge in [0.05, 0.1) is 0 Å². The van der Waals surface area contributed by atoms with Crippen molar-refractivity contribution >= 4 is 5.97 Å². The number of nitrogens with one attached hydrogen (secondary N) is 1. The molecule has 0 saturated heterocycles. The van der Waals surface area contributed by atoms with Gasteiger partial charge in [0.2, 0.25) is 0 Å². The summed E-state index contributed by atoms with van der Waals surface area (Å²) in [5.41, 5.74) is 2.30. The van der Waals surface area contributed by atoms with Crippen molar-refractivity contribution < 1.29 is 29.9 Å². The van der Waals surface area contributed by atoms with Crippen molar-refractivity contribution in [2.45, 2.75) is 19.8 Å². The topological polar surface area (TPSA) is 38.3 Å². The number of carbonyl (C=O) groups excluding carboxylic acids is 1. The first-order valence-corrected chi connectivity index (χ1v) is 2.67. The zero-order valence-electron chi connectivity index (χ0n) is 7.23. The van der Waals surface area contributed by atoms with Crippen LogP contribution in [0.4, 0.5) is 0 Å². The van der Waals surface area contributed by atoms with Crippen molar-refractivity contribution in [3.8, 4) is 0 Å². The third-order valence-electron chi connectivity index (χ3n) is 0.670. The number of rotatable bonds is 3. The molecule has 4 heteroatoms. The van der Waals surface area contributed by atoms with E-state index >= 15 is 0 Å². The van der Waals surface area contributed by atoms with Gasteiger partial charge in [-0.3, -0.25) is 4.79 Å². The molecular formula is C5H12LiNO2. The van der Waals surface area contributed by atoms with Crippen LogP contribution in [0.25, 0.3) is 0 Å². The van der Waals surface area contributed by atoms with Crippen LogP contribution in [-0.2, 0) is 9.63 Å². The average Bonchev–Trinajstić information content (AvgIpc) is 1.68. The zero-order chi connectivity index (χ0) is 6.41. The molecule has 0 unspecified atom stereocenters. The third kappa shape index (κ3) is 8.03. The van der Waals surface area contributed by atoms with Gasteiger partial charge in [-0.15, -0.1) is 0 Å². The fraction of sp³-hybridized carbons (Fsp3) is 0.800. The minimum Gasteiger partial charge on any atom is -1.00 e. The molecule has 0 bridgehead atoms. The molecule has 0 aromatic rings. The van der Waals surface area contributed by atoms with Gasteiger partial charge in [0, 0.05) is 13.5 Å². The number of hydroxylamine groups is 1. The molecule has 0 aromatic heterocycles. The van der Waals surface area contributed by atoms with Gasteiger partial charge in [-0.1, -0.05) is 6.92 Å². The summed E-state index contributed by atoms with van der Waals surface area (Å²) in [6, 6.07) is 0. The summed E-state index contributed by atoms with van der Waals surface area (Å²) in [7, 11) is 1.56. The Labute approximate surface area is 68.8 Å². The minimum atomic E-state index is -0.199. The predicted octanol–water partition coefficient (Wildman–Crippen LogP) is -2.42. The van der Waals surface area contributed by atoms with Crippen LogP contribution in [0.5, 0.6) is 0 Å². The molecular weight excluding hydrogens is 113 g/mol. The van der Waals surface area contributed by atoms with E-state index < -0.39 is 0 Å². The Morgan fingerprint density at radius 3 is 2.67 bits per heavy atom. The van der Waals surface area contributed by atoms with Crippen molar-refractivity contribution in [2.75, 3.05) is 7.05 Å². The van der Waals surface area contributed by atoms with Gasteiger partial charge >= 0.3 is 24.8 Å². The summed E-state index contributed by atoms with van der Waals surface area (Å²) in [6.45, 7) is 1.93. The monoisotopic (exact) mass is 125 g/mol. The maximum Gasteiger partial charge on any atom is 1.00 e. The van der Waals surface area contributed by atoms with E-state index in [9.17, 15) is 4.79 Å². The Kier molecular flexibility index (Phi) is 10.5. The molecule has 0 aliphatic heterocycles. The molecule has 0 aliphatic rings. The molecule has 3 nitrogen and oxygen atoms in total. The number of hydrogen-bond donors (Lipinski definition) is 1. The molecule has 0 heterocycles. The molecule has 50 valence electrons. The molecule has 1 N–H and O–H groups in total. The molecule has 0 atom stereocenters. The Morgan fingerprint density at radius 1 is 1.78 bits per heavy atom. The normalized spacial score (nSPS) is 7.78. The van der Waals surface area contributed by atoms with Crippen LogP contribution >= 0.6 is 0 Å². The summed E-state index contributed by atoms with van der Waals surface area (Å²) >= 11 is 0. The van der Waals surface area contributed by atoms with E-state index in [0.717, 1.165) is 6.42 Å². The van der Waals surface area contributed by atoms with E-state index in [1.807, 2.05) is 6.92 Å². The fourth-order valence-electron chi connectivity index (χ4n) is 0.369. The van der Waals surface area contributed by atoms with Crippen LogP contribution in [0.2, 0.25) is 0 Å². The Balaban J connectivity index is -0.000000245. The second-order valence-electron chi connectivity index (χ2n) is 1.43. The summed E-state index contributed by atoms with van der Waals surface area (Å²) in [5.74, 6) is -0.199. The predicted molar refractivity (Wildman–Crippen MR) is 31.2 cm³/mol. The molecule has 0 radical (unpaired) electrons. The summed E-state index contributed by atoms with van der Waals surface area (Å²) < 4.78 is 0. The van der Waals surface area contributed by atoms with Gasteiger partial charge < -0.3 is 6.26 Å². The maximum atomic E-state index is 10.4. The van der Waals surface area contributed by atoms with E-state index in [-0.39, 0.29) is 26.3 Å². The van der Waals surface area contributed by atoms with E-state index in [2.05, 4.69) is 10.3 Å². The number of hydrogen-bond acceptors (Lipinski definition) is 3. The van der Waals surface area contributed by atoms with Crippen molar-refractivity contribution in [1.29, 1.82) is 0 Å². The van der Waals surface area contributed by atoms with Crippen LogP contribution in [0, 0.1) is 0 Å². The van der Waals surface area contributed by atoms with Crippen LogP contribution in [-0.4, -0.2) is 13.0 Å². The molecule has 0 saturated carbocycles. The molecule has 0 fully saturated rings. The summed E-state index contributed by atoms with van der Waals surface area (Å²) in [6.07, 6.45) is 1.32. The quantitative estimate of drug-likeness (QED) is 0.337. The van der Waals surface area contributed by atoms with Gasteiger partial charge in [0.1, 0.15) is 0 Å². The second kappa shape index (κ2) is 8.03. The maximum absolute atomic E-state index is 10.4. The Hall–Kier alpha value is 0.0274. The van der Waals surface area contributed by atoms with Crippen LogP contribution in [0.1, 0.15) is 21.2 Å². The smallest absolute Gasteiger partial charge is 1.00 e. The van der Waals surface area contributed by atoms with Gasteiger partial charge in [0.25, 0.3) is 0 Å². The van der Waals surface area contributed by atoms with Crippen molar-refractivity contribution in [2.24, 2.45) is 0 Å². The van der Waals surface area contributed by atoms with Gasteiger partial charge in [0.15, 0.2) is 0 Å². The third-order valence-corrected chi connectivity index (χ3v) is 0.670. The standard InChI is InChI=1S/C5H11NO2.Li.H/c1-3-4-5(7)8-6-2;;/h6H,3-4H2,1-2H3;;/q;+1;-1. The van der Waals surface area contributed by atoms with Crippen LogP contribution in [0.3, 0.4) is 0 Å². The Morgan fingerprint density at radius 2 is 2.33 bits per heavy atom. The first-order chi connectivity index (χ1) is 3.81. The molecule has 0 aromatic carbocycles. The van der Waals surface area contributed by atoms with Crippen LogP contribution in [0.15, 0.2) is 0 Å². The summed E-state index contributed by atoms with van der Waals surface area (Å²) in [4.78, 5) is 14.8. The number of carbonyl (C=O) groups is 1. The largest absolute Gasteiger partial charge is 1.00 e. The minimum absolute atomic E-state index is 0. The van der Waals surface area contributed by atoms with Crippen LogP contribution < -0.4 is 24.3 Å². The first-order valence-electron chi connectivity index (χ1n) is 2.67. The molecule has 0 rings (SSSR count). The Bertz CT molecular complexity index is 74.0. The SMILES string of the molecule is CCCC(=O)ONC.[H-].[Li+].